The van der Waals surface area contributed by atoms with E-state index in [1.54, 1.807) is 25.4 Å². The summed E-state index contributed by atoms with van der Waals surface area (Å²) in [6.45, 7) is 9.05. The zero-order valence-corrected chi connectivity index (χ0v) is 18.9. The van der Waals surface area contributed by atoms with Crippen LogP contribution in [0.5, 0.6) is 5.75 Å². The summed E-state index contributed by atoms with van der Waals surface area (Å²) in [6, 6.07) is 4.49. The molecule has 0 aromatic heterocycles. The number of benzene rings is 1. The molecule has 1 atom stereocenters. The summed E-state index contributed by atoms with van der Waals surface area (Å²) in [6.07, 6.45) is 6.83. The molecule has 1 rings (SSSR count). The Hall–Kier alpha value is -2.27. The Morgan fingerprint density at radius 1 is 1.37 bits per heavy atom. The lowest BCUT2D eigenvalue weighted by molar-refractivity contribution is -0.131. The smallest absolute Gasteiger partial charge is 0.262 e. The van der Waals surface area contributed by atoms with Gasteiger partial charge in [0.2, 0.25) is 10.0 Å². The topological polar surface area (TPSA) is 131 Å². The first-order valence-corrected chi connectivity index (χ1v) is 11.7. The highest BCUT2D eigenvalue weighted by atomic mass is 32.2. The van der Waals surface area contributed by atoms with E-state index in [1.165, 1.54) is 54.4 Å². The monoisotopic (exact) mass is 455 g/mol. The number of nitrogens with one attached hydrogen (secondary N) is 2. The van der Waals surface area contributed by atoms with Crippen LogP contribution < -0.4 is 20.7 Å². The average molecular weight is 456 g/mol. The van der Waals surface area contributed by atoms with Gasteiger partial charge in [0, 0.05) is 4.75 Å². The number of sulfonamides is 1. The summed E-state index contributed by atoms with van der Waals surface area (Å²) >= 11 is 1.44. The van der Waals surface area contributed by atoms with Crippen LogP contribution in [0.3, 0.4) is 0 Å². The van der Waals surface area contributed by atoms with Gasteiger partial charge in [-0.3, -0.25) is 10.0 Å². The van der Waals surface area contributed by atoms with Crippen LogP contribution in [0.1, 0.15) is 27.2 Å². The van der Waals surface area contributed by atoms with Gasteiger partial charge < -0.3 is 10.5 Å². The fraction of sp³-hybridized carbons (Fsp3) is 0.350. The normalized spacial score (nSPS) is 13.8. The van der Waals surface area contributed by atoms with Crippen molar-refractivity contribution >= 4 is 27.7 Å². The molecule has 1 amide bonds. The van der Waals surface area contributed by atoms with Crippen molar-refractivity contribution in [1.29, 1.82) is 0 Å². The maximum atomic E-state index is 12.8. The first-order valence-electron chi connectivity index (χ1n) is 9.20. The zero-order chi connectivity index (χ0) is 22.8. The SMILES string of the molecule is C=C/C=C(\C=C/N)Oc1ccc(S(=O)(=O)N[C@@H](C(=O)NO)C(C)(C)SCCC)cc1. The van der Waals surface area contributed by atoms with E-state index in [1.807, 2.05) is 6.92 Å². The molecule has 0 radical (unpaired) electrons. The molecule has 0 aliphatic heterocycles. The molecule has 0 unspecified atom stereocenters. The maximum absolute atomic E-state index is 12.8. The van der Waals surface area contributed by atoms with Crippen LogP contribution in [-0.2, 0) is 14.8 Å². The number of nitrogens with two attached hydrogens (primary N) is 1. The van der Waals surface area contributed by atoms with Crippen molar-refractivity contribution in [1.82, 2.24) is 10.2 Å². The molecule has 166 valence electrons. The predicted molar refractivity (Wildman–Crippen MR) is 120 cm³/mol. The van der Waals surface area contributed by atoms with Gasteiger partial charge in [0.05, 0.1) is 4.90 Å². The Kier molecular flexibility index (Phi) is 10.1. The summed E-state index contributed by atoms with van der Waals surface area (Å²) in [4.78, 5) is 12.1. The van der Waals surface area contributed by atoms with Crippen molar-refractivity contribution in [2.75, 3.05) is 5.75 Å². The molecule has 0 fully saturated rings. The highest BCUT2D eigenvalue weighted by Gasteiger charge is 2.38. The fourth-order valence-electron chi connectivity index (χ4n) is 2.40. The third-order valence-corrected chi connectivity index (χ3v) is 6.96. The van der Waals surface area contributed by atoms with E-state index in [-0.39, 0.29) is 4.90 Å². The van der Waals surface area contributed by atoms with E-state index in [0.29, 0.717) is 11.5 Å². The lowest BCUT2D eigenvalue weighted by atomic mass is 10.0. The second-order valence-electron chi connectivity index (χ2n) is 6.72. The van der Waals surface area contributed by atoms with Gasteiger partial charge in [0.1, 0.15) is 17.6 Å². The zero-order valence-electron chi connectivity index (χ0n) is 17.3. The van der Waals surface area contributed by atoms with Crippen molar-refractivity contribution in [3.63, 3.8) is 0 Å². The van der Waals surface area contributed by atoms with Crippen molar-refractivity contribution < 1.29 is 23.2 Å². The summed E-state index contributed by atoms with van der Waals surface area (Å²) in [5.74, 6) is 0.715. The van der Waals surface area contributed by atoms with E-state index in [0.717, 1.165) is 12.2 Å². The second-order valence-corrected chi connectivity index (χ2v) is 10.2. The number of rotatable bonds is 12. The minimum absolute atomic E-state index is 0.0505. The summed E-state index contributed by atoms with van der Waals surface area (Å²) in [5.41, 5.74) is 6.91. The third-order valence-electron chi connectivity index (χ3n) is 3.93. The maximum Gasteiger partial charge on any atom is 0.262 e. The first-order chi connectivity index (χ1) is 14.1. The number of hydrogen-bond donors (Lipinski definition) is 4. The molecule has 0 aliphatic carbocycles. The Morgan fingerprint density at radius 3 is 2.50 bits per heavy atom. The number of hydrogen-bond acceptors (Lipinski definition) is 7. The molecular weight excluding hydrogens is 426 g/mol. The van der Waals surface area contributed by atoms with Gasteiger partial charge in [0.15, 0.2) is 0 Å². The van der Waals surface area contributed by atoms with Crippen LogP contribution in [-0.4, -0.2) is 36.1 Å². The van der Waals surface area contributed by atoms with Gasteiger partial charge in [-0.15, -0.1) is 0 Å². The summed E-state index contributed by atoms with van der Waals surface area (Å²) < 4.78 is 32.9. The predicted octanol–water partition coefficient (Wildman–Crippen LogP) is 2.68. The molecule has 1 aromatic carbocycles. The molecule has 0 saturated carbocycles. The number of hydroxylamine groups is 1. The van der Waals surface area contributed by atoms with Crippen molar-refractivity contribution in [2.45, 2.75) is 42.9 Å². The van der Waals surface area contributed by atoms with Gasteiger partial charge in [-0.1, -0.05) is 19.6 Å². The molecular formula is C20H29N3O5S2. The average Bonchev–Trinajstić information content (AvgIpc) is 2.70. The third kappa shape index (κ3) is 7.52. The van der Waals surface area contributed by atoms with Crippen LogP contribution in [0.15, 0.2) is 65.9 Å². The highest BCUT2D eigenvalue weighted by molar-refractivity contribution is 8.00. The number of thioether (sulfide) groups is 1. The van der Waals surface area contributed by atoms with Gasteiger partial charge in [0.25, 0.3) is 5.91 Å². The van der Waals surface area contributed by atoms with Gasteiger partial charge in [-0.05, 0) is 68.6 Å². The number of ether oxygens (including phenoxy) is 1. The van der Waals surface area contributed by atoms with Crippen LogP contribution in [0, 0.1) is 0 Å². The number of allylic oxidation sites excluding steroid dienone is 3. The second kappa shape index (κ2) is 11.8. The number of carbonyl (C=O) groups is 1. The van der Waals surface area contributed by atoms with E-state index in [2.05, 4.69) is 11.3 Å². The van der Waals surface area contributed by atoms with Gasteiger partial charge >= 0.3 is 0 Å². The Balaban J connectivity index is 3.10. The van der Waals surface area contributed by atoms with E-state index in [4.69, 9.17) is 15.7 Å². The van der Waals surface area contributed by atoms with Crippen molar-refractivity contribution in [2.24, 2.45) is 5.73 Å². The molecule has 0 aliphatic rings. The molecule has 10 heteroatoms. The molecule has 0 saturated heterocycles. The molecule has 0 bridgehead atoms. The van der Waals surface area contributed by atoms with E-state index >= 15 is 0 Å². The lowest BCUT2D eigenvalue weighted by Crippen LogP contribution is -2.55. The minimum atomic E-state index is -4.04. The Bertz CT molecular complexity index is 878. The number of amides is 1. The standard InChI is InChI=1S/C20H29N3O5S2/c1-5-7-15(12-13-21)28-16-8-10-17(11-9-16)30(26,27)23-18(19(24)22-25)20(3,4)29-14-6-2/h5,7-13,18,23,25H,1,6,14,21H2,2-4H3,(H,22,24)/b13-12-,15-7+/t18-/m0/s1. The molecule has 1 aromatic rings. The van der Waals surface area contributed by atoms with Crippen LogP contribution in [0.4, 0.5) is 0 Å². The van der Waals surface area contributed by atoms with Crippen molar-refractivity contribution in [3.8, 4) is 5.75 Å². The van der Waals surface area contributed by atoms with E-state index in [9.17, 15) is 13.2 Å². The molecule has 30 heavy (non-hydrogen) atoms. The van der Waals surface area contributed by atoms with Gasteiger partial charge in [-0.2, -0.15) is 16.5 Å². The largest absolute Gasteiger partial charge is 0.457 e. The summed E-state index contributed by atoms with van der Waals surface area (Å²) in [5, 5.41) is 9.08. The van der Waals surface area contributed by atoms with Crippen LogP contribution in [0.2, 0.25) is 0 Å². The number of carbonyl (C=O) groups excluding carboxylic acids is 1. The summed E-state index contributed by atoms with van der Waals surface area (Å²) in [7, 11) is -4.04. The van der Waals surface area contributed by atoms with E-state index < -0.39 is 26.7 Å². The Morgan fingerprint density at radius 2 is 2.00 bits per heavy atom. The van der Waals surface area contributed by atoms with Crippen LogP contribution >= 0.6 is 11.8 Å². The van der Waals surface area contributed by atoms with Crippen LogP contribution in [0.25, 0.3) is 0 Å². The molecule has 0 spiro atoms. The fourth-order valence-corrected chi connectivity index (χ4v) is 4.88. The Labute approximate surface area is 182 Å². The minimum Gasteiger partial charge on any atom is -0.457 e. The molecule has 0 heterocycles. The highest BCUT2D eigenvalue weighted by Crippen LogP contribution is 2.30. The first kappa shape index (κ1) is 25.8. The molecule has 8 nitrogen and oxygen atoms in total. The molecule has 5 N–H and O–H groups in total. The quantitative estimate of drug-likeness (QED) is 0.165. The van der Waals surface area contributed by atoms with Crippen molar-refractivity contribution in [3.05, 3.63) is 61.0 Å². The lowest BCUT2D eigenvalue weighted by Gasteiger charge is -2.32. The van der Waals surface area contributed by atoms with Gasteiger partial charge in [-0.25, -0.2) is 13.9 Å².